The Morgan fingerprint density at radius 2 is 0.964 bits per heavy atom. The van der Waals surface area contributed by atoms with E-state index in [0.29, 0.717) is 88.6 Å². The number of nitrogens with zero attached hydrogens (tertiary/aromatic N) is 4. The average Bonchev–Trinajstić information content (AvgIpc) is 3.75. The first kappa shape index (κ1) is 35.4. The molecule has 0 spiro atoms. The lowest BCUT2D eigenvalue weighted by molar-refractivity contribution is 0.669. The first-order valence-corrected chi connectivity index (χ1v) is 16.9. The molecule has 16 heteroatoms. The van der Waals surface area contributed by atoms with Gasteiger partial charge in [0.2, 0.25) is 0 Å². The Kier molecular flexibility index (Phi) is 8.27. The number of fused-ring (bicyclic) bond motifs is 6. The van der Waals surface area contributed by atoms with Crippen molar-refractivity contribution in [3.63, 3.8) is 0 Å². The lowest BCUT2D eigenvalue weighted by Crippen LogP contribution is -2.55. The molecule has 0 atom stereocenters. The average molecular weight is 672 g/mol. The fourth-order valence-electron chi connectivity index (χ4n) is 7.36. The Balaban J connectivity index is 1.30. The van der Waals surface area contributed by atoms with Crippen LogP contribution in [0.3, 0.4) is 0 Å². The van der Waals surface area contributed by atoms with Crippen LogP contribution in [0.25, 0.3) is 83.6 Å². The molecule has 0 saturated heterocycles. The molecule has 228 valence electrons. The van der Waals surface area contributed by atoms with Crippen molar-refractivity contribution in [1.82, 2.24) is 19.5 Å². The molecule has 3 aromatic heterocycles. The lowest BCUT2D eigenvalue weighted by atomic mass is 9.60. The van der Waals surface area contributed by atoms with Gasteiger partial charge in [-0.25, -0.2) is 15.0 Å². The van der Waals surface area contributed by atoms with E-state index in [9.17, 15) is 0 Å². The van der Waals surface area contributed by atoms with Crippen molar-refractivity contribution in [2.24, 2.45) is 0 Å². The second-order valence-corrected chi connectivity index (χ2v) is 13.3. The van der Waals surface area contributed by atoms with Crippen LogP contribution in [0.15, 0.2) is 83.3 Å². The summed E-state index contributed by atoms with van der Waals surface area (Å²) in [5.41, 5.74) is 6.92. The highest BCUT2D eigenvalue weighted by Gasteiger charge is 2.24. The highest BCUT2D eigenvalue weighted by atomic mass is 16.3. The van der Waals surface area contributed by atoms with Gasteiger partial charge in [0.05, 0.1) is 11.1 Å². The van der Waals surface area contributed by atoms with Crippen molar-refractivity contribution in [1.29, 1.82) is 0 Å². The van der Waals surface area contributed by atoms with Gasteiger partial charge in [-0.05, 0) is 35.0 Å². The summed E-state index contributed by atoms with van der Waals surface area (Å²) in [6, 6.07) is 24.0. The van der Waals surface area contributed by atoms with E-state index in [2.05, 4.69) is 0 Å². The van der Waals surface area contributed by atoms with E-state index in [0.717, 1.165) is 16.3 Å². The van der Waals surface area contributed by atoms with Crippen LogP contribution in [-0.4, -0.2) is 106 Å². The molecule has 0 aliphatic carbocycles. The molecule has 6 aromatic carbocycles. The third-order valence-corrected chi connectivity index (χ3v) is 10.1. The monoisotopic (exact) mass is 674 g/mol. The van der Waals surface area contributed by atoms with Crippen LogP contribution in [0.2, 0.25) is 0 Å². The van der Waals surface area contributed by atoms with Gasteiger partial charge in [-0.2, -0.15) is 0 Å². The first-order chi connectivity index (χ1) is 26.3. The maximum absolute atomic E-state index is 6.69. The zero-order chi connectivity index (χ0) is 38.6. The van der Waals surface area contributed by atoms with Crippen LogP contribution in [-0.2, 0) is 0 Å². The van der Waals surface area contributed by atoms with Gasteiger partial charge in [-0.15, -0.1) is 27.3 Å². The third-order valence-electron chi connectivity index (χ3n) is 10.1. The number of furan rings is 1. The smallest absolute Gasteiger partial charge is 0.164 e. The summed E-state index contributed by atoms with van der Waals surface area (Å²) in [6.45, 7) is 0. The Labute approximate surface area is 331 Å². The Morgan fingerprint density at radius 3 is 1.56 bits per heavy atom. The number of hydrogen-bond donors (Lipinski definition) is 0. The number of rotatable bonds is 4. The molecule has 22 radical (unpaired) electrons. The van der Waals surface area contributed by atoms with E-state index in [1.165, 1.54) is 0 Å². The zero-order valence-electron chi connectivity index (χ0n) is 29.1. The van der Waals surface area contributed by atoms with E-state index >= 15 is 0 Å². The number of benzene rings is 6. The molecule has 9 aromatic rings. The summed E-state index contributed by atoms with van der Waals surface area (Å²) in [6.07, 6.45) is 0. The molecule has 0 N–H and O–H groups in total. The van der Waals surface area contributed by atoms with Gasteiger partial charge >= 0.3 is 0 Å². The lowest BCUT2D eigenvalue weighted by Gasteiger charge is -2.20. The van der Waals surface area contributed by atoms with Crippen LogP contribution in [0.1, 0.15) is 0 Å². The molecule has 0 saturated carbocycles. The standard InChI is InChI=1S/C39H13B11N4O/c40-17-12-19(42)35-25(28(17)44)26-29(45)18(41)13-20(43)36(26)54(35)21-7-4-8-22-24(21)16-10-9-15(11-23(16)55-22)38-51-37(14-5-2-1-3-6-14)52-39(53-38)27-30(46)32(48)34(50)33(49)31(27)47/h1-13H. The molecular weight excluding hydrogens is 659 g/mol. The maximum Gasteiger partial charge on any atom is 0.164 e. The molecule has 0 amide bonds. The molecule has 0 fully saturated rings. The van der Waals surface area contributed by atoms with Crippen molar-refractivity contribution >= 4 is 190 Å². The highest BCUT2D eigenvalue weighted by molar-refractivity contribution is 6.69. The Morgan fingerprint density at radius 1 is 0.418 bits per heavy atom. The maximum atomic E-state index is 6.69. The first-order valence-electron chi connectivity index (χ1n) is 16.9. The van der Waals surface area contributed by atoms with Gasteiger partial charge < -0.3 is 8.98 Å². The minimum absolute atomic E-state index is 0.0773. The highest BCUT2D eigenvalue weighted by Crippen LogP contribution is 2.38. The fraction of sp³-hybridized carbons (Fsp3) is 0. The Bertz CT molecular complexity index is 3030. The van der Waals surface area contributed by atoms with Crippen molar-refractivity contribution in [2.75, 3.05) is 0 Å². The topological polar surface area (TPSA) is 56.7 Å². The molecule has 3 heterocycles. The van der Waals surface area contributed by atoms with Crippen molar-refractivity contribution in [3.8, 4) is 39.9 Å². The minimum Gasteiger partial charge on any atom is -0.456 e. The Hall–Kier alpha value is -5.36. The van der Waals surface area contributed by atoms with E-state index in [1.54, 1.807) is 12.1 Å². The second kappa shape index (κ2) is 12.9. The third kappa shape index (κ3) is 5.28. The summed E-state index contributed by atoms with van der Waals surface area (Å²) in [5.74, 6) is 0.829. The molecule has 0 bridgehead atoms. The van der Waals surface area contributed by atoms with Gasteiger partial charge in [0, 0.05) is 33.1 Å². The zero-order valence-corrected chi connectivity index (χ0v) is 29.1. The minimum atomic E-state index is 0.0773. The summed E-state index contributed by atoms with van der Waals surface area (Å²) in [4.78, 5) is 14.4. The van der Waals surface area contributed by atoms with Gasteiger partial charge in [-0.3, -0.25) is 0 Å². The summed E-state index contributed by atoms with van der Waals surface area (Å²) in [7, 11) is 70.6. The van der Waals surface area contributed by atoms with Gasteiger partial charge in [0.25, 0.3) is 0 Å². The van der Waals surface area contributed by atoms with Gasteiger partial charge in [-0.1, -0.05) is 87.4 Å². The normalized spacial score (nSPS) is 11.7. The van der Waals surface area contributed by atoms with Crippen LogP contribution in [0.5, 0.6) is 0 Å². The van der Waals surface area contributed by atoms with Crippen molar-refractivity contribution in [3.05, 3.63) is 78.9 Å². The van der Waals surface area contributed by atoms with Gasteiger partial charge in [0.1, 0.15) is 97.5 Å². The molecule has 55 heavy (non-hydrogen) atoms. The van der Waals surface area contributed by atoms with Crippen LogP contribution in [0, 0.1) is 0 Å². The number of hydrogen-bond acceptors (Lipinski definition) is 4. The predicted octanol–water partition coefficient (Wildman–Crippen LogP) is -3.40. The molecule has 5 nitrogen and oxygen atoms in total. The van der Waals surface area contributed by atoms with E-state index in [-0.39, 0.29) is 38.7 Å². The van der Waals surface area contributed by atoms with Crippen LogP contribution >= 0.6 is 0 Å². The summed E-state index contributed by atoms with van der Waals surface area (Å²) < 4.78 is 8.44. The summed E-state index contributed by atoms with van der Waals surface area (Å²) in [5, 5.41) is 2.63. The van der Waals surface area contributed by atoms with Crippen molar-refractivity contribution < 1.29 is 4.42 Å². The summed E-state index contributed by atoms with van der Waals surface area (Å²) >= 11 is 0. The molecule has 9 rings (SSSR count). The van der Waals surface area contributed by atoms with Crippen LogP contribution < -0.4 is 60.1 Å². The van der Waals surface area contributed by atoms with Gasteiger partial charge in [0.15, 0.2) is 17.5 Å². The SMILES string of the molecule is [B]c1cc([B])c2c(c1[B])c1c([B])c([B])cc([B])c1n2-c1cccc2oc3cc(-c4nc(-c5ccccc5)nc(-c5c([B])c([B])c([B])c([B])c5[B])n4)ccc3c12. The second-order valence-electron chi connectivity index (χ2n) is 13.3. The molecule has 0 aliphatic heterocycles. The largest absolute Gasteiger partial charge is 0.456 e. The predicted molar refractivity (Wildman–Crippen MR) is 237 cm³/mol. The molecule has 0 unspecified atom stereocenters. The van der Waals surface area contributed by atoms with E-state index in [1.807, 2.05) is 71.3 Å². The quantitative estimate of drug-likeness (QED) is 0.183. The van der Waals surface area contributed by atoms with E-state index in [4.69, 9.17) is 106 Å². The number of aromatic nitrogens is 4. The van der Waals surface area contributed by atoms with Crippen molar-refractivity contribution in [2.45, 2.75) is 0 Å². The molecular formula is C39H13B11N4O. The van der Waals surface area contributed by atoms with Crippen LogP contribution in [0.4, 0.5) is 0 Å². The fourth-order valence-corrected chi connectivity index (χ4v) is 7.36. The van der Waals surface area contributed by atoms with E-state index < -0.39 is 0 Å². The molecule has 0 aliphatic rings.